The number of aldehydes is 1. The standard InChI is InChI=1S/C19H21N3O4S2/c1-4-27(24)22(28(25,26)5-2)15-10-14(11-20-12-15)19-17(13-23)16-8-6-7-9-18(16)21(19)3/h6-13H,4-5H2,1-3H3. The van der Waals surface area contributed by atoms with Gasteiger partial charge < -0.3 is 4.57 Å². The van der Waals surface area contributed by atoms with Crippen LogP contribution >= 0.6 is 0 Å². The van der Waals surface area contributed by atoms with Crippen molar-refractivity contribution in [1.82, 2.24) is 9.55 Å². The summed E-state index contributed by atoms with van der Waals surface area (Å²) in [6.07, 6.45) is 3.72. The molecule has 28 heavy (non-hydrogen) atoms. The first-order chi connectivity index (χ1) is 13.4. The number of nitrogens with zero attached hydrogens (tertiary/aromatic N) is 3. The Bertz CT molecular complexity index is 1170. The lowest BCUT2D eigenvalue weighted by Gasteiger charge is -2.22. The Morgan fingerprint density at radius 2 is 1.93 bits per heavy atom. The molecule has 0 amide bonds. The molecule has 0 radical (unpaired) electrons. The summed E-state index contributed by atoms with van der Waals surface area (Å²) >= 11 is 0. The fraction of sp³-hybridized carbons (Fsp3) is 0.263. The zero-order valence-corrected chi connectivity index (χ0v) is 17.5. The SMILES string of the molecule is CCS(=O)N(c1cncc(-c2c(C=O)c3ccccc3n2C)c1)S(=O)(=O)CC. The minimum atomic E-state index is -3.76. The van der Waals surface area contributed by atoms with Gasteiger partial charge >= 0.3 is 0 Å². The van der Waals surface area contributed by atoms with Gasteiger partial charge in [0.1, 0.15) is 11.0 Å². The fourth-order valence-electron chi connectivity index (χ4n) is 3.19. The molecule has 3 rings (SSSR count). The Labute approximate surface area is 166 Å². The molecule has 9 heteroatoms. The lowest BCUT2D eigenvalue weighted by Crippen LogP contribution is -2.35. The third-order valence-corrected chi connectivity index (χ3v) is 8.22. The summed E-state index contributed by atoms with van der Waals surface area (Å²) in [6, 6.07) is 9.11. The minimum absolute atomic E-state index is 0.150. The Hall–Kier alpha value is -2.52. The van der Waals surface area contributed by atoms with Crippen molar-refractivity contribution in [2.75, 3.05) is 15.2 Å². The lowest BCUT2D eigenvalue weighted by atomic mass is 10.1. The van der Waals surface area contributed by atoms with Gasteiger partial charge in [0, 0.05) is 41.0 Å². The van der Waals surface area contributed by atoms with Crippen LogP contribution in [0.2, 0.25) is 0 Å². The molecule has 148 valence electrons. The highest BCUT2D eigenvalue weighted by Crippen LogP contribution is 2.33. The summed E-state index contributed by atoms with van der Waals surface area (Å²) in [4.78, 5) is 16.0. The van der Waals surface area contributed by atoms with Crippen LogP contribution in [0.25, 0.3) is 22.2 Å². The van der Waals surface area contributed by atoms with Crippen LogP contribution in [0.3, 0.4) is 0 Å². The second-order valence-corrected chi connectivity index (χ2v) is 10.0. The van der Waals surface area contributed by atoms with Crippen LogP contribution in [0.15, 0.2) is 42.7 Å². The predicted molar refractivity (Wildman–Crippen MR) is 112 cm³/mol. The molecule has 1 aromatic carbocycles. The normalized spacial score (nSPS) is 12.8. The van der Waals surface area contributed by atoms with E-state index < -0.39 is 21.0 Å². The fourth-order valence-corrected chi connectivity index (χ4v) is 6.06. The van der Waals surface area contributed by atoms with Crippen molar-refractivity contribution >= 4 is 43.9 Å². The van der Waals surface area contributed by atoms with Gasteiger partial charge in [-0.25, -0.2) is 12.6 Å². The van der Waals surface area contributed by atoms with E-state index in [0.717, 1.165) is 20.9 Å². The van der Waals surface area contributed by atoms with E-state index in [9.17, 15) is 17.4 Å². The first kappa shape index (κ1) is 20.2. The number of carbonyl (C=O) groups excluding carboxylic acids is 1. The number of aromatic nitrogens is 2. The molecule has 0 aliphatic carbocycles. The maximum Gasteiger partial charge on any atom is 0.246 e. The largest absolute Gasteiger partial charge is 0.343 e. The summed E-state index contributed by atoms with van der Waals surface area (Å²) in [7, 11) is -3.67. The Morgan fingerprint density at radius 1 is 1.21 bits per heavy atom. The van der Waals surface area contributed by atoms with E-state index in [1.807, 2.05) is 35.9 Å². The highest BCUT2D eigenvalue weighted by molar-refractivity contribution is 8.07. The summed E-state index contributed by atoms with van der Waals surface area (Å²) < 4.78 is 40.3. The number of pyridine rings is 1. The van der Waals surface area contributed by atoms with E-state index in [1.54, 1.807) is 19.2 Å². The highest BCUT2D eigenvalue weighted by Gasteiger charge is 2.27. The summed E-state index contributed by atoms with van der Waals surface area (Å²) in [5.41, 5.74) is 2.78. The number of sulfonamides is 1. The molecule has 0 saturated carbocycles. The second-order valence-electron chi connectivity index (χ2n) is 6.13. The molecule has 0 saturated heterocycles. The van der Waals surface area contributed by atoms with Crippen LogP contribution in [0.4, 0.5) is 5.69 Å². The molecule has 7 nitrogen and oxygen atoms in total. The van der Waals surface area contributed by atoms with Gasteiger partial charge in [0.25, 0.3) is 0 Å². The summed E-state index contributed by atoms with van der Waals surface area (Å²) in [6.45, 7) is 3.15. The maximum absolute atomic E-state index is 12.5. The smallest absolute Gasteiger partial charge is 0.246 e. The van der Waals surface area contributed by atoms with E-state index in [-0.39, 0.29) is 17.2 Å². The minimum Gasteiger partial charge on any atom is -0.343 e. The molecule has 2 heterocycles. The molecule has 2 aromatic heterocycles. The molecule has 0 fully saturated rings. The second kappa shape index (κ2) is 7.84. The van der Waals surface area contributed by atoms with Gasteiger partial charge in [0.15, 0.2) is 6.29 Å². The maximum atomic E-state index is 12.5. The number of fused-ring (bicyclic) bond motifs is 1. The molecular weight excluding hydrogens is 398 g/mol. The number of anilines is 1. The first-order valence-electron chi connectivity index (χ1n) is 8.75. The van der Waals surface area contributed by atoms with Gasteiger partial charge in [0.05, 0.1) is 23.3 Å². The summed E-state index contributed by atoms with van der Waals surface area (Å²) in [5, 5.41) is 0.801. The Morgan fingerprint density at radius 3 is 2.57 bits per heavy atom. The molecule has 3 aromatic rings. The highest BCUT2D eigenvalue weighted by atomic mass is 32.3. The van der Waals surface area contributed by atoms with Crippen LogP contribution in [0.1, 0.15) is 24.2 Å². The van der Waals surface area contributed by atoms with Crippen molar-refractivity contribution in [1.29, 1.82) is 0 Å². The van der Waals surface area contributed by atoms with Crippen molar-refractivity contribution in [3.63, 3.8) is 0 Å². The van der Waals surface area contributed by atoms with Crippen LogP contribution in [0, 0.1) is 0 Å². The lowest BCUT2D eigenvalue weighted by molar-refractivity contribution is 0.112. The molecule has 1 unspecified atom stereocenters. The van der Waals surface area contributed by atoms with E-state index >= 15 is 0 Å². The predicted octanol–water partition coefficient (Wildman–Crippen LogP) is 2.89. The van der Waals surface area contributed by atoms with Gasteiger partial charge in [-0.05, 0) is 19.1 Å². The number of para-hydroxylation sites is 1. The number of aryl methyl sites for hydroxylation is 1. The van der Waals surface area contributed by atoms with E-state index in [4.69, 9.17) is 0 Å². The van der Waals surface area contributed by atoms with Crippen molar-refractivity contribution in [3.05, 3.63) is 48.3 Å². The van der Waals surface area contributed by atoms with Crippen LogP contribution in [0.5, 0.6) is 0 Å². The van der Waals surface area contributed by atoms with E-state index in [2.05, 4.69) is 4.98 Å². The molecule has 0 bridgehead atoms. The quantitative estimate of drug-likeness (QED) is 0.550. The zero-order valence-electron chi connectivity index (χ0n) is 15.8. The number of benzene rings is 1. The van der Waals surface area contributed by atoms with Crippen molar-refractivity contribution in [2.24, 2.45) is 7.05 Å². The van der Waals surface area contributed by atoms with Crippen LogP contribution < -0.4 is 3.71 Å². The van der Waals surface area contributed by atoms with Gasteiger partial charge in [-0.1, -0.05) is 25.1 Å². The molecule has 0 spiro atoms. The Kier molecular flexibility index (Phi) is 5.66. The summed E-state index contributed by atoms with van der Waals surface area (Å²) in [5.74, 6) is -0.0340. The number of rotatable bonds is 7. The third-order valence-electron chi connectivity index (χ3n) is 4.52. The van der Waals surface area contributed by atoms with Crippen LogP contribution in [-0.4, -0.2) is 40.0 Å². The van der Waals surface area contributed by atoms with Gasteiger partial charge in [-0.3, -0.25) is 9.78 Å². The zero-order chi connectivity index (χ0) is 20.5. The third kappa shape index (κ3) is 3.35. The van der Waals surface area contributed by atoms with Gasteiger partial charge in [-0.15, -0.1) is 0 Å². The van der Waals surface area contributed by atoms with Gasteiger partial charge in [-0.2, -0.15) is 3.71 Å². The molecule has 0 aliphatic heterocycles. The monoisotopic (exact) mass is 419 g/mol. The Balaban J connectivity index is 2.25. The first-order valence-corrected chi connectivity index (χ1v) is 11.6. The number of hydrogen-bond donors (Lipinski definition) is 0. The average Bonchev–Trinajstić information content (AvgIpc) is 3.00. The molecule has 0 aliphatic rings. The van der Waals surface area contributed by atoms with Crippen LogP contribution in [-0.2, 0) is 28.1 Å². The average molecular weight is 420 g/mol. The van der Waals surface area contributed by atoms with Crippen molar-refractivity contribution in [2.45, 2.75) is 13.8 Å². The van der Waals surface area contributed by atoms with Crippen molar-refractivity contribution in [3.8, 4) is 11.3 Å². The van der Waals surface area contributed by atoms with Crippen molar-refractivity contribution < 1.29 is 17.4 Å². The number of carbonyl (C=O) groups is 1. The number of hydrogen-bond acceptors (Lipinski definition) is 5. The topological polar surface area (TPSA) is 89.3 Å². The molecule has 1 atom stereocenters. The molecule has 0 N–H and O–H groups in total. The van der Waals surface area contributed by atoms with Gasteiger partial charge in [0.2, 0.25) is 10.0 Å². The van der Waals surface area contributed by atoms with E-state index in [1.165, 1.54) is 13.1 Å². The van der Waals surface area contributed by atoms with E-state index in [0.29, 0.717) is 16.8 Å². The molecular formula is C19H21N3O4S2.